The smallest absolute Gasteiger partial charge is 0.341 e. The zero-order valence-electron chi connectivity index (χ0n) is 12.1. The number of esters is 1. The van der Waals surface area contributed by atoms with E-state index >= 15 is 0 Å². The second-order valence-electron chi connectivity index (χ2n) is 4.35. The number of anilines is 3. The van der Waals surface area contributed by atoms with Gasteiger partial charge in [0.15, 0.2) is 0 Å². The van der Waals surface area contributed by atoms with Gasteiger partial charge in [0.05, 0.1) is 22.9 Å². The van der Waals surface area contributed by atoms with Crippen molar-refractivity contribution in [1.82, 2.24) is 0 Å². The summed E-state index contributed by atoms with van der Waals surface area (Å²) in [7, 11) is 0. The Labute approximate surface area is 137 Å². The molecule has 0 fully saturated rings. The predicted octanol–water partition coefficient (Wildman–Crippen LogP) is 4.20. The SMILES string of the molecule is CCOC(=O)c1c(Nc2ccccc2Cl)sc(NC=O)c1C. The molecule has 0 bridgehead atoms. The van der Waals surface area contributed by atoms with Crippen LogP contribution in [0.1, 0.15) is 22.8 Å². The van der Waals surface area contributed by atoms with E-state index in [-0.39, 0.29) is 6.61 Å². The molecule has 5 nitrogen and oxygen atoms in total. The van der Waals surface area contributed by atoms with Crippen molar-refractivity contribution in [3.8, 4) is 0 Å². The van der Waals surface area contributed by atoms with Crippen LogP contribution in [0.4, 0.5) is 15.7 Å². The van der Waals surface area contributed by atoms with Gasteiger partial charge in [0, 0.05) is 5.56 Å². The number of benzene rings is 1. The fourth-order valence-corrected chi connectivity index (χ4v) is 3.18. The minimum absolute atomic E-state index is 0.274. The van der Waals surface area contributed by atoms with Gasteiger partial charge in [-0.3, -0.25) is 4.79 Å². The molecule has 0 radical (unpaired) electrons. The maximum absolute atomic E-state index is 12.2. The van der Waals surface area contributed by atoms with Gasteiger partial charge in [-0.2, -0.15) is 0 Å². The van der Waals surface area contributed by atoms with E-state index in [1.165, 1.54) is 11.3 Å². The highest BCUT2D eigenvalue weighted by Gasteiger charge is 2.22. The predicted molar refractivity (Wildman–Crippen MR) is 89.4 cm³/mol. The van der Waals surface area contributed by atoms with Crippen LogP contribution in [0.5, 0.6) is 0 Å². The Morgan fingerprint density at radius 2 is 2.09 bits per heavy atom. The number of amides is 1. The van der Waals surface area contributed by atoms with Crippen molar-refractivity contribution in [1.29, 1.82) is 0 Å². The van der Waals surface area contributed by atoms with Crippen molar-refractivity contribution < 1.29 is 14.3 Å². The van der Waals surface area contributed by atoms with Crippen LogP contribution in [-0.4, -0.2) is 19.0 Å². The third-order valence-corrected chi connectivity index (χ3v) is 4.41. The molecule has 116 valence electrons. The van der Waals surface area contributed by atoms with Gasteiger partial charge in [-0.1, -0.05) is 35.1 Å². The number of rotatable bonds is 6. The minimum Gasteiger partial charge on any atom is -0.462 e. The van der Waals surface area contributed by atoms with Crippen molar-refractivity contribution in [2.75, 3.05) is 17.2 Å². The van der Waals surface area contributed by atoms with E-state index in [2.05, 4.69) is 10.6 Å². The lowest BCUT2D eigenvalue weighted by Gasteiger charge is -2.09. The Morgan fingerprint density at radius 3 is 2.73 bits per heavy atom. The van der Waals surface area contributed by atoms with Crippen LogP contribution in [0.15, 0.2) is 24.3 Å². The Morgan fingerprint density at radius 1 is 1.36 bits per heavy atom. The van der Waals surface area contributed by atoms with Gasteiger partial charge in [-0.15, -0.1) is 0 Å². The zero-order valence-corrected chi connectivity index (χ0v) is 13.7. The summed E-state index contributed by atoms with van der Waals surface area (Å²) in [6.45, 7) is 3.77. The highest BCUT2D eigenvalue weighted by molar-refractivity contribution is 7.20. The highest BCUT2D eigenvalue weighted by Crippen LogP contribution is 2.40. The van der Waals surface area contributed by atoms with Crippen LogP contribution < -0.4 is 10.6 Å². The number of thiophene rings is 1. The molecule has 0 aliphatic heterocycles. The molecule has 1 aromatic carbocycles. The molecule has 0 aliphatic rings. The third kappa shape index (κ3) is 3.40. The molecule has 0 saturated carbocycles. The normalized spacial score (nSPS) is 10.1. The standard InChI is InChI=1S/C15H15ClN2O3S/c1-3-21-15(20)12-9(2)13(17-8-19)22-14(12)18-11-7-5-4-6-10(11)16/h4-8,18H,3H2,1-2H3,(H,17,19). The average molecular weight is 339 g/mol. The van der Waals surface area contributed by atoms with Gasteiger partial charge >= 0.3 is 5.97 Å². The first-order valence-corrected chi connectivity index (χ1v) is 7.80. The summed E-state index contributed by atoms with van der Waals surface area (Å²) in [5.41, 5.74) is 1.73. The van der Waals surface area contributed by atoms with Crippen LogP contribution in [-0.2, 0) is 9.53 Å². The number of halogens is 1. The highest BCUT2D eigenvalue weighted by atomic mass is 35.5. The van der Waals surface area contributed by atoms with Crippen molar-refractivity contribution in [2.45, 2.75) is 13.8 Å². The first-order chi connectivity index (χ1) is 10.6. The summed E-state index contributed by atoms with van der Waals surface area (Å²) in [6, 6.07) is 7.21. The second kappa shape index (κ2) is 7.29. The van der Waals surface area contributed by atoms with Crippen LogP contribution >= 0.6 is 22.9 Å². The molecule has 7 heteroatoms. The lowest BCUT2D eigenvalue weighted by Crippen LogP contribution is -2.08. The molecule has 2 aromatic rings. The number of ether oxygens (including phenoxy) is 1. The summed E-state index contributed by atoms with van der Waals surface area (Å²) in [4.78, 5) is 22.9. The Bertz CT molecular complexity index is 700. The van der Waals surface area contributed by atoms with Gasteiger partial charge < -0.3 is 15.4 Å². The summed E-state index contributed by atoms with van der Waals surface area (Å²) in [5.74, 6) is -0.440. The first kappa shape index (κ1) is 16.3. The van der Waals surface area contributed by atoms with E-state index in [1.807, 2.05) is 12.1 Å². The van der Waals surface area contributed by atoms with Crippen LogP contribution in [0.25, 0.3) is 0 Å². The van der Waals surface area contributed by atoms with Gasteiger partial charge in [0.2, 0.25) is 6.41 Å². The second-order valence-corrected chi connectivity index (χ2v) is 5.78. The summed E-state index contributed by atoms with van der Waals surface area (Å²) in [5, 5.41) is 7.42. The molecule has 1 heterocycles. The van der Waals surface area contributed by atoms with E-state index in [4.69, 9.17) is 16.3 Å². The quantitative estimate of drug-likeness (QED) is 0.612. The average Bonchev–Trinajstić information content (AvgIpc) is 2.78. The fraction of sp³-hybridized carbons (Fsp3) is 0.200. The first-order valence-electron chi connectivity index (χ1n) is 6.60. The minimum atomic E-state index is -0.440. The number of para-hydroxylation sites is 1. The van der Waals surface area contributed by atoms with Crippen LogP contribution in [0.2, 0.25) is 5.02 Å². The topological polar surface area (TPSA) is 67.4 Å². The Balaban J connectivity index is 2.44. The van der Waals surface area contributed by atoms with Gasteiger partial charge in [-0.05, 0) is 26.0 Å². The molecule has 0 atom stereocenters. The largest absolute Gasteiger partial charge is 0.462 e. The summed E-state index contributed by atoms with van der Waals surface area (Å²) < 4.78 is 5.09. The summed E-state index contributed by atoms with van der Waals surface area (Å²) >= 11 is 7.38. The van der Waals surface area contributed by atoms with Crippen LogP contribution in [0, 0.1) is 6.92 Å². The monoisotopic (exact) mass is 338 g/mol. The molecular weight excluding hydrogens is 324 g/mol. The van der Waals surface area contributed by atoms with Crippen molar-refractivity contribution in [3.63, 3.8) is 0 Å². The Hall–Kier alpha value is -2.05. The number of carbonyl (C=O) groups excluding carboxylic acids is 2. The van der Waals surface area contributed by atoms with Crippen molar-refractivity contribution in [2.24, 2.45) is 0 Å². The molecule has 1 aromatic heterocycles. The third-order valence-electron chi connectivity index (χ3n) is 2.94. The number of carbonyl (C=O) groups is 2. The molecule has 2 N–H and O–H groups in total. The lowest BCUT2D eigenvalue weighted by atomic mass is 10.2. The van der Waals surface area contributed by atoms with E-state index in [0.717, 1.165) is 0 Å². The zero-order chi connectivity index (χ0) is 16.1. The lowest BCUT2D eigenvalue weighted by molar-refractivity contribution is -0.105. The van der Waals surface area contributed by atoms with E-state index in [9.17, 15) is 9.59 Å². The molecular formula is C15H15ClN2O3S. The number of nitrogens with one attached hydrogen (secondary N) is 2. The van der Waals surface area contributed by atoms with E-state index < -0.39 is 5.97 Å². The van der Waals surface area contributed by atoms with Gasteiger partial charge in [0.1, 0.15) is 10.0 Å². The number of hydrogen-bond donors (Lipinski definition) is 2. The Kier molecular flexibility index (Phi) is 5.41. The van der Waals surface area contributed by atoms with E-state index in [1.54, 1.807) is 26.0 Å². The summed E-state index contributed by atoms with van der Waals surface area (Å²) in [6.07, 6.45) is 0.576. The molecule has 2 rings (SSSR count). The molecule has 0 aliphatic carbocycles. The molecule has 0 unspecified atom stereocenters. The van der Waals surface area contributed by atoms with Crippen molar-refractivity contribution >= 4 is 51.0 Å². The van der Waals surface area contributed by atoms with E-state index in [0.29, 0.717) is 38.2 Å². The van der Waals surface area contributed by atoms with Gasteiger partial charge in [0.25, 0.3) is 0 Å². The maximum Gasteiger partial charge on any atom is 0.341 e. The molecule has 1 amide bonds. The molecule has 22 heavy (non-hydrogen) atoms. The number of hydrogen-bond acceptors (Lipinski definition) is 5. The molecule has 0 saturated heterocycles. The maximum atomic E-state index is 12.2. The fourth-order valence-electron chi connectivity index (χ4n) is 1.93. The van der Waals surface area contributed by atoms with Gasteiger partial charge in [-0.25, -0.2) is 4.79 Å². The van der Waals surface area contributed by atoms with Crippen LogP contribution in [0.3, 0.4) is 0 Å². The molecule has 0 spiro atoms. The van der Waals surface area contributed by atoms with Crippen molar-refractivity contribution in [3.05, 3.63) is 40.4 Å².